The van der Waals surface area contributed by atoms with Crippen molar-refractivity contribution in [3.63, 3.8) is 0 Å². The lowest BCUT2D eigenvalue weighted by Gasteiger charge is -2.14. The third kappa shape index (κ3) is 4.34. The number of aryl methyl sites for hydroxylation is 1. The van der Waals surface area contributed by atoms with Gasteiger partial charge in [-0.3, -0.25) is 9.59 Å². The van der Waals surface area contributed by atoms with Crippen LogP contribution >= 0.6 is 0 Å². The molecule has 36 heavy (non-hydrogen) atoms. The highest BCUT2D eigenvalue weighted by molar-refractivity contribution is 6.04. The number of anilines is 2. The molecule has 10 heteroatoms. The van der Waals surface area contributed by atoms with Crippen LogP contribution in [-0.4, -0.2) is 54.5 Å². The molecule has 0 aliphatic carbocycles. The number of pyridine rings is 1. The number of hydrogen-bond acceptors (Lipinski definition) is 7. The highest BCUT2D eigenvalue weighted by Crippen LogP contribution is 2.34. The van der Waals surface area contributed by atoms with Crippen LogP contribution in [0, 0.1) is 18.8 Å². The molecule has 1 aliphatic rings. The molecule has 0 spiro atoms. The number of hydrogen-bond donors (Lipinski definition) is 2. The first-order valence-electron chi connectivity index (χ1n) is 11.5. The molecule has 0 unspecified atom stereocenters. The Labute approximate surface area is 207 Å². The third-order valence-corrected chi connectivity index (χ3v) is 6.12. The largest absolute Gasteiger partial charge is 0.383 e. The standard InChI is InChI=1S/C26H24N8O2/c1-3-4-21(35)33-12-10-19(14-33)34-25-22(24(27)29-15-30-25)23(32-34)17-5-7-18(8-6-17)26(36)31-20-13-16(2)9-11-28-20/h5-9,11,13,15,19H,10,12,14H2,1-2H3,(H2,27,29,30)(H,28,31,36)/t19-/m1/s1. The fourth-order valence-corrected chi connectivity index (χ4v) is 4.34. The summed E-state index contributed by atoms with van der Waals surface area (Å²) < 4.78 is 1.82. The maximum Gasteiger partial charge on any atom is 0.298 e. The van der Waals surface area contributed by atoms with E-state index in [0.29, 0.717) is 47.0 Å². The number of carbonyl (C=O) groups excluding carboxylic acids is 2. The van der Waals surface area contributed by atoms with Gasteiger partial charge in [0.25, 0.3) is 11.8 Å². The fraction of sp³-hybridized carbons (Fsp3) is 0.231. The van der Waals surface area contributed by atoms with Gasteiger partial charge in [-0.2, -0.15) is 5.10 Å². The van der Waals surface area contributed by atoms with Gasteiger partial charge in [0.15, 0.2) is 5.65 Å². The number of aromatic nitrogens is 5. The lowest BCUT2D eigenvalue weighted by molar-refractivity contribution is -0.124. The summed E-state index contributed by atoms with van der Waals surface area (Å²) in [6, 6.07) is 10.7. The number of nitrogen functional groups attached to an aromatic ring is 1. The average Bonchev–Trinajstić information content (AvgIpc) is 3.50. The SMILES string of the molecule is CC#CC(=O)N1CC[C@@H](n2nc(-c3ccc(C(=O)Nc4cc(C)ccn4)cc3)c3c(N)ncnc32)C1. The second-order valence-electron chi connectivity index (χ2n) is 8.57. The molecule has 0 bridgehead atoms. The minimum Gasteiger partial charge on any atom is -0.383 e. The van der Waals surface area contributed by atoms with E-state index in [1.54, 1.807) is 36.2 Å². The molecular weight excluding hydrogens is 456 g/mol. The summed E-state index contributed by atoms with van der Waals surface area (Å²) in [5.41, 5.74) is 9.72. The van der Waals surface area contributed by atoms with Crippen molar-refractivity contribution in [2.45, 2.75) is 26.3 Å². The monoisotopic (exact) mass is 480 g/mol. The topological polar surface area (TPSA) is 132 Å². The second-order valence-corrected chi connectivity index (χ2v) is 8.57. The lowest BCUT2D eigenvalue weighted by atomic mass is 10.1. The molecule has 2 amide bonds. The van der Waals surface area contributed by atoms with Crippen molar-refractivity contribution in [2.24, 2.45) is 0 Å². The van der Waals surface area contributed by atoms with Crippen molar-refractivity contribution in [1.29, 1.82) is 0 Å². The maximum absolute atomic E-state index is 12.7. The number of nitrogens with two attached hydrogens (primary N) is 1. The van der Waals surface area contributed by atoms with Gasteiger partial charge < -0.3 is 16.0 Å². The number of nitrogens with one attached hydrogen (secondary N) is 1. The summed E-state index contributed by atoms with van der Waals surface area (Å²) in [6.45, 7) is 4.66. The van der Waals surface area contributed by atoms with E-state index in [4.69, 9.17) is 10.8 Å². The van der Waals surface area contributed by atoms with Gasteiger partial charge in [0, 0.05) is 30.4 Å². The van der Waals surface area contributed by atoms with Crippen molar-refractivity contribution >= 4 is 34.5 Å². The van der Waals surface area contributed by atoms with Gasteiger partial charge in [-0.1, -0.05) is 18.1 Å². The van der Waals surface area contributed by atoms with Crippen LogP contribution in [0.5, 0.6) is 0 Å². The number of benzene rings is 1. The zero-order chi connectivity index (χ0) is 25.2. The Morgan fingerprint density at radius 1 is 1.14 bits per heavy atom. The zero-order valence-corrected chi connectivity index (χ0v) is 19.9. The maximum atomic E-state index is 12.7. The summed E-state index contributed by atoms with van der Waals surface area (Å²) in [7, 11) is 0. The van der Waals surface area contributed by atoms with Crippen molar-refractivity contribution in [2.75, 3.05) is 24.1 Å². The van der Waals surface area contributed by atoms with Gasteiger partial charge in [-0.05, 0) is 56.0 Å². The summed E-state index contributed by atoms with van der Waals surface area (Å²) in [5, 5.41) is 8.29. The third-order valence-electron chi connectivity index (χ3n) is 6.12. The Morgan fingerprint density at radius 2 is 1.94 bits per heavy atom. The number of carbonyl (C=O) groups is 2. The number of fused-ring (bicyclic) bond motifs is 1. The highest BCUT2D eigenvalue weighted by atomic mass is 16.2. The molecule has 0 saturated carbocycles. The highest BCUT2D eigenvalue weighted by Gasteiger charge is 2.30. The van der Waals surface area contributed by atoms with E-state index in [0.717, 1.165) is 17.5 Å². The molecule has 1 aromatic carbocycles. The number of nitrogens with zero attached hydrogens (tertiary/aromatic N) is 6. The molecule has 1 atom stereocenters. The van der Waals surface area contributed by atoms with E-state index in [1.807, 2.05) is 29.8 Å². The molecule has 0 radical (unpaired) electrons. The summed E-state index contributed by atoms with van der Waals surface area (Å²) >= 11 is 0. The molecule has 3 aromatic heterocycles. The molecule has 1 fully saturated rings. The average molecular weight is 481 g/mol. The molecule has 4 aromatic rings. The van der Waals surface area contributed by atoms with E-state index in [-0.39, 0.29) is 17.9 Å². The van der Waals surface area contributed by atoms with Gasteiger partial charge in [-0.15, -0.1) is 0 Å². The van der Waals surface area contributed by atoms with Gasteiger partial charge in [0.05, 0.1) is 11.4 Å². The van der Waals surface area contributed by atoms with E-state index in [1.165, 1.54) is 6.33 Å². The Morgan fingerprint density at radius 3 is 2.69 bits per heavy atom. The van der Waals surface area contributed by atoms with Gasteiger partial charge >= 0.3 is 0 Å². The van der Waals surface area contributed by atoms with E-state index < -0.39 is 0 Å². The quantitative estimate of drug-likeness (QED) is 0.429. The first-order chi connectivity index (χ1) is 17.4. The van der Waals surface area contributed by atoms with Crippen LogP contribution in [0.15, 0.2) is 48.9 Å². The second kappa shape index (κ2) is 9.46. The van der Waals surface area contributed by atoms with E-state index >= 15 is 0 Å². The fourth-order valence-electron chi connectivity index (χ4n) is 4.34. The molecular formula is C26H24N8O2. The van der Waals surface area contributed by atoms with Crippen LogP contribution in [-0.2, 0) is 4.79 Å². The molecule has 1 saturated heterocycles. The minimum atomic E-state index is -0.260. The Balaban J connectivity index is 1.44. The first-order valence-corrected chi connectivity index (χ1v) is 11.5. The minimum absolute atomic E-state index is 0.0648. The summed E-state index contributed by atoms with van der Waals surface area (Å²) in [6.07, 6.45) is 3.79. The number of likely N-dealkylation sites (tertiary alicyclic amines) is 1. The van der Waals surface area contributed by atoms with Crippen LogP contribution < -0.4 is 11.1 Å². The lowest BCUT2D eigenvalue weighted by Crippen LogP contribution is -2.28. The van der Waals surface area contributed by atoms with E-state index in [2.05, 4.69) is 32.1 Å². The van der Waals surface area contributed by atoms with Crippen LogP contribution in [0.4, 0.5) is 11.6 Å². The van der Waals surface area contributed by atoms with Gasteiger partial charge in [0.1, 0.15) is 23.7 Å². The molecule has 3 N–H and O–H groups in total. The Kier molecular flexibility index (Phi) is 6.04. The number of rotatable bonds is 4. The number of amides is 2. The van der Waals surface area contributed by atoms with Crippen molar-refractivity contribution in [3.8, 4) is 23.1 Å². The Hall–Kier alpha value is -4.78. The smallest absolute Gasteiger partial charge is 0.298 e. The van der Waals surface area contributed by atoms with E-state index in [9.17, 15) is 9.59 Å². The molecule has 180 valence electrons. The molecule has 4 heterocycles. The zero-order valence-electron chi connectivity index (χ0n) is 19.9. The van der Waals surface area contributed by atoms with Crippen LogP contribution in [0.2, 0.25) is 0 Å². The van der Waals surface area contributed by atoms with Crippen LogP contribution in [0.1, 0.15) is 35.3 Å². The summed E-state index contributed by atoms with van der Waals surface area (Å²) in [5.74, 6) is 5.61. The predicted molar refractivity (Wildman–Crippen MR) is 136 cm³/mol. The molecule has 5 rings (SSSR count). The molecule has 1 aliphatic heterocycles. The summed E-state index contributed by atoms with van der Waals surface area (Å²) in [4.78, 5) is 39.4. The predicted octanol–water partition coefficient (Wildman–Crippen LogP) is 2.83. The first kappa shape index (κ1) is 23.0. The van der Waals surface area contributed by atoms with Crippen LogP contribution in [0.25, 0.3) is 22.3 Å². The Bertz CT molecular complexity index is 1530. The van der Waals surface area contributed by atoms with Crippen molar-refractivity contribution < 1.29 is 9.59 Å². The van der Waals surface area contributed by atoms with Gasteiger partial charge in [0.2, 0.25) is 0 Å². The van der Waals surface area contributed by atoms with Crippen molar-refractivity contribution in [1.82, 2.24) is 29.6 Å². The van der Waals surface area contributed by atoms with Crippen molar-refractivity contribution in [3.05, 3.63) is 60.0 Å². The van der Waals surface area contributed by atoms with Gasteiger partial charge in [-0.25, -0.2) is 19.6 Å². The normalized spacial score (nSPS) is 14.9. The molecule has 10 nitrogen and oxygen atoms in total. The van der Waals surface area contributed by atoms with Crippen LogP contribution in [0.3, 0.4) is 0 Å².